The van der Waals surface area contributed by atoms with E-state index in [2.05, 4.69) is 27.3 Å². The van der Waals surface area contributed by atoms with Crippen LogP contribution in [0.1, 0.15) is 22.9 Å². The lowest BCUT2D eigenvalue weighted by Gasteiger charge is -2.26. The van der Waals surface area contributed by atoms with Crippen LogP contribution in [0.3, 0.4) is 0 Å². The third-order valence-corrected chi connectivity index (χ3v) is 6.89. The molecule has 0 aliphatic carbocycles. The van der Waals surface area contributed by atoms with Crippen molar-refractivity contribution in [2.45, 2.75) is 23.9 Å². The van der Waals surface area contributed by atoms with E-state index in [-0.39, 0.29) is 11.8 Å². The van der Waals surface area contributed by atoms with Gasteiger partial charge < -0.3 is 5.32 Å². The Balaban J connectivity index is 1.82. The highest BCUT2D eigenvalue weighted by Gasteiger charge is 2.29. The molecule has 1 aliphatic rings. The summed E-state index contributed by atoms with van der Waals surface area (Å²) in [4.78, 5) is 1.72. The van der Waals surface area contributed by atoms with E-state index in [1.54, 1.807) is 23.5 Å². The number of thiophene rings is 1. The summed E-state index contributed by atoms with van der Waals surface area (Å²) in [5.74, 6) is 0.218. The largest absolute Gasteiger partial charge is 0.305 e. The van der Waals surface area contributed by atoms with Crippen molar-refractivity contribution in [3.05, 3.63) is 50.6 Å². The molecule has 20 heavy (non-hydrogen) atoms. The van der Waals surface area contributed by atoms with Gasteiger partial charge in [0.05, 0.1) is 14.4 Å². The van der Waals surface area contributed by atoms with Crippen molar-refractivity contribution in [1.29, 1.82) is 0 Å². The number of rotatable bonds is 3. The summed E-state index contributed by atoms with van der Waals surface area (Å²) >= 11 is 5.14. The topological polar surface area (TPSA) is 46.2 Å². The predicted molar refractivity (Wildman–Crippen MR) is 84.7 cm³/mol. The molecule has 3 nitrogen and oxygen atoms in total. The number of benzene rings is 1. The molecule has 1 aromatic heterocycles. The zero-order valence-electron chi connectivity index (χ0n) is 10.7. The lowest BCUT2D eigenvalue weighted by atomic mass is 10.0. The van der Waals surface area contributed by atoms with E-state index in [1.807, 2.05) is 18.2 Å². The molecule has 0 radical (unpaired) electrons. The Morgan fingerprint density at radius 1 is 1.25 bits per heavy atom. The van der Waals surface area contributed by atoms with Crippen LogP contribution in [-0.2, 0) is 16.4 Å². The summed E-state index contributed by atoms with van der Waals surface area (Å²) in [6, 6.07) is 11.5. The van der Waals surface area contributed by atoms with Gasteiger partial charge >= 0.3 is 0 Å². The molecule has 0 saturated heterocycles. The number of hydrogen-bond acceptors (Lipinski definition) is 4. The Kier molecular flexibility index (Phi) is 3.99. The third-order valence-electron chi connectivity index (χ3n) is 3.46. The van der Waals surface area contributed by atoms with E-state index in [1.165, 1.54) is 4.88 Å². The van der Waals surface area contributed by atoms with Crippen molar-refractivity contribution in [3.8, 4) is 0 Å². The minimum Gasteiger partial charge on any atom is -0.305 e. The van der Waals surface area contributed by atoms with Crippen LogP contribution in [0.2, 0.25) is 0 Å². The maximum atomic E-state index is 12.1. The highest BCUT2D eigenvalue weighted by Crippen LogP contribution is 2.32. The summed E-state index contributed by atoms with van der Waals surface area (Å²) in [6.07, 6.45) is 0.631. The van der Waals surface area contributed by atoms with Gasteiger partial charge in [-0.2, -0.15) is 0 Å². The smallest absolute Gasteiger partial charge is 0.178 e. The molecule has 1 aromatic carbocycles. The molecule has 0 fully saturated rings. The zero-order valence-corrected chi connectivity index (χ0v) is 13.9. The van der Waals surface area contributed by atoms with Gasteiger partial charge in [0.15, 0.2) is 9.84 Å². The second-order valence-electron chi connectivity index (χ2n) is 4.78. The second kappa shape index (κ2) is 5.60. The molecule has 3 rings (SSSR count). The number of nitrogens with one attached hydrogen (secondary N) is 1. The van der Waals surface area contributed by atoms with Crippen LogP contribution in [0.25, 0.3) is 0 Å². The van der Waals surface area contributed by atoms with Crippen LogP contribution >= 0.6 is 27.3 Å². The van der Waals surface area contributed by atoms with Gasteiger partial charge in [-0.3, -0.25) is 0 Å². The lowest BCUT2D eigenvalue weighted by Crippen LogP contribution is -2.29. The Morgan fingerprint density at radius 2 is 2.05 bits per heavy atom. The van der Waals surface area contributed by atoms with Gasteiger partial charge in [-0.15, -0.1) is 11.3 Å². The molecular formula is C14H14BrNO2S2. The van der Waals surface area contributed by atoms with Gasteiger partial charge in [0.25, 0.3) is 0 Å². The summed E-state index contributed by atoms with van der Waals surface area (Å²) < 4.78 is 25.2. The number of fused-ring (bicyclic) bond motifs is 1. The first-order chi connectivity index (χ1) is 9.56. The third kappa shape index (κ3) is 2.83. The molecule has 1 aliphatic heterocycles. The minimum atomic E-state index is -3.10. The maximum Gasteiger partial charge on any atom is 0.178 e. The summed E-state index contributed by atoms with van der Waals surface area (Å²) in [5.41, 5.74) is 0.898. The lowest BCUT2D eigenvalue weighted by molar-refractivity contribution is 0.493. The van der Waals surface area contributed by atoms with Crippen molar-refractivity contribution in [3.63, 3.8) is 0 Å². The normalized spacial score (nSPS) is 20.6. The van der Waals surface area contributed by atoms with Crippen molar-refractivity contribution in [2.24, 2.45) is 0 Å². The molecule has 0 spiro atoms. The molecule has 2 heterocycles. The molecule has 106 valence electrons. The average molecular weight is 372 g/mol. The van der Waals surface area contributed by atoms with Crippen LogP contribution < -0.4 is 5.32 Å². The van der Waals surface area contributed by atoms with Crippen molar-refractivity contribution in [2.75, 3.05) is 5.75 Å². The van der Waals surface area contributed by atoms with E-state index >= 15 is 0 Å². The van der Waals surface area contributed by atoms with Crippen molar-refractivity contribution >= 4 is 37.1 Å². The van der Waals surface area contributed by atoms with Gasteiger partial charge in [0, 0.05) is 17.5 Å². The Labute approximate surface area is 131 Å². The predicted octanol–water partition coefficient (Wildman–Crippen LogP) is 3.52. The maximum absolute atomic E-state index is 12.1. The fourth-order valence-electron chi connectivity index (χ4n) is 2.47. The van der Waals surface area contributed by atoms with Gasteiger partial charge in [-0.1, -0.05) is 18.2 Å². The number of halogens is 1. The summed E-state index contributed by atoms with van der Waals surface area (Å²) in [5, 5.41) is 3.47. The van der Waals surface area contributed by atoms with Gasteiger partial charge in [-0.05, 0) is 46.1 Å². The van der Waals surface area contributed by atoms with E-state index in [9.17, 15) is 8.42 Å². The first kappa shape index (κ1) is 14.3. The Hall–Kier alpha value is -0.690. The SMILES string of the molecule is O=S1(=O)CCC(NCc2ccc(Br)s2)c2ccccc21. The minimum absolute atomic E-state index is 0.107. The Morgan fingerprint density at radius 3 is 2.80 bits per heavy atom. The zero-order chi connectivity index (χ0) is 14.2. The highest BCUT2D eigenvalue weighted by molar-refractivity contribution is 9.11. The van der Waals surface area contributed by atoms with Crippen LogP contribution in [-0.4, -0.2) is 14.2 Å². The summed E-state index contributed by atoms with van der Waals surface area (Å²) in [7, 11) is -3.10. The van der Waals surface area contributed by atoms with E-state index < -0.39 is 9.84 Å². The molecule has 1 unspecified atom stereocenters. The monoisotopic (exact) mass is 371 g/mol. The summed E-state index contributed by atoms with van der Waals surface area (Å²) in [6.45, 7) is 0.759. The molecule has 0 bridgehead atoms. The van der Waals surface area contributed by atoms with Gasteiger partial charge in [0.1, 0.15) is 0 Å². The first-order valence-electron chi connectivity index (χ1n) is 6.35. The molecule has 1 atom stereocenters. The fraction of sp³-hybridized carbons (Fsp3) is 0.286. The van der Waals surface area contributed by atoms with Crippen LogP contribution in [0.15, 0.2) is 45.1 Å². The molecule has 1 N–H and O–H groups in total. The fourth-order valence-corrected chi connectivity index (χ4v) is 5.53. The molecule has 6 heteroatoms. The van der Waals surface area contributed by atoms with Gasteiger partial charge in [0.2, 0.25) is 0 Å². The average Bonchev–Trinajstić information content (AvgIpc) is 2.84. The Bertz CT molecular complexity index is 724. The first-order valence-corrected chi connectivity index (χ1v) is 9.62. The molecule has 0 saturated carbocycles. The van der Waals surface area contributed by atoms with Crippen molar-refractivity contribution < 1.29 is 8.42 Å². The number of sulfone groups is 1. The highest BCUT2D eigenvalue weighted by atomic mass is 79.9. The second-order valence-corrected chi connectivity index (χ2v) is 9.41. The van der Waals surface area contributed by atoms with E-state index in [4.69, 9.17) is 0 Å². The number of hydrogen-bond donors (Lipinski definition) is 1. The quantitative estimate of drug-likeness (QED) is 0.897. The molecular weight excluding hydrogens is 358 g/mol. The van der Waals surface area contributed by atoms with Crippen LogP contribution in [0, 0.1) is 0 Å². The van der Waals surface area contributed by atoms with Crippen LogP contribution in [0.5, 0.6) is 0 Å². The van der Waals surface area contributed by atoms with Crippen molar-refractivity contribution in [1.82, 2.24) is 5.32 Å². The van der Waals surface area contributed by atoms with E-state index in [0.29, 0.717) is 11.3 Å². The van der Waals surface area contributed by atoms with E-state index in [0.717, 1.165) is 15.9 Å². The molecule has 2 aromatic rings. The molecule has 0 amide bonds. The standard InChI is InChI=1S/C14H14BrNO2S2/c15-14-6-5-10(19-14)9-16-12-7-8-20(17,18)13-4-2-1-3-11(12)13/h1-6,12,16H,7-9H2. The van der Waals surface area contributed by atoms with Gasteiger partial charge in [-0.25, -0.2) is 8.42 Å². The van der Waals surface area contributed by atoms with Crippen LogP contribution in [0.4, 0.5) is 0 Å².